The zero-order valence-corrected chi connectivity index (χ0v) is 15.8. The van der Waals surface area contributed by atoms with Crippen molar-refractivity contribution in [3.05, 3.63) is 76.9 Å². The fourth-order valence-electron chi connectivity index (χ4n) is 5.45. The van der Waals surface area contributed by atoms with Crippen molar-refractivity contribution in [1.29, 1.82) is 0 Å². The molecule has 2 bridgehead atoms. The second-order valence-corrected chi connectivity index (χ2v) is 8.47. The molecule has 0 aromatic heterocycles. The van der Waals surface area contributed by atoms with Crippen LogP contribution in [0, 0.1) is 5.92 Å². The van der Waals surface area contributed by atoms with Gasteiger partial charge in [0.05, 0.1) is 0 Å². The molecule has 2 aromatic carbocycles. The second-order valence-electron chi connectivity index (χ2n) is 8.47. The Hall–Kier alpha value is -2.19. The summed E-state index contributed by atoms with van der Waals surface area (Å²) < 4.78 is 0. The third-order valence-corrected chi connectivity index (χ3v) is 6.79. The van der Waals surface area contributed by atoms with Crippen LogP contribution in [-0.2, 0) is 17.8 Å². The smallest absolute Gasteiger partial charge is 0.162 e. The Kier molecular flexibility index (Phi) is 4.45. The van der Waals surface area contributed by atoms with Gasteiger partial charge in [0, 0.05) is 36.5 Å². The summed E-state index contributed by atoms with van der Waals surface area (Å²) >= 11 is 0. The number of ketones is 1. The highest BCUT2D eigenvalue weighted by molar-refractivity contribution is 6.03. The second kappa shape index (κ2) is 7.09. The molecule has 2 saturated heterocycles. The van der Waals surface area contributed by atoms with Crippen LogP contribution in [0.25, 0.3) is 6.08 Å². The van der Waals surface area contributed by atoms with Gasteiger partial charge in [0.25, 0.3) is 0 Å². The molecule has 2 heterocycles. The average molecular weight is 357 g/mol. The van der Waals surface area contributed by atoms with E-state index >= 15 is 0 Å². The van der Waals surface area contributed by atoms with Crippen LogP contribution in [0.15, 0.2) is 60.2 Å². The fraction of sp³-hybridized carbons (Fsp3) is 0.400. The number of carbonyl (C=O) groups excluding carboxylic acids is 1. The zero-order chi connectivity index (χ0) is 18.2. The van der Waals surface area contributed by atoms with Crippen LogP contribution in [0.2, 0.25) is 0 Å². The summed E-state index contributed by atoms with van der Waals surface area (Å²) in [6.07, 6.45) is 8.85. The molecule has 0 radical (unpaired) electrons. The van der Waals surface area contributed by atoms with Gasteiger partial charge in [-0.1, -0.05) is 61.0 Å². The van der Waals surface area contributed by atoms with Crippen LogP contribution < -0.4 is 0 Å². The van der Waals surface area contributed by atoms with E-state index in [2.05, 4.69) is 65.6 Å². The molecule has 0 amide bonds. The molecule has 2 atom stereocenters. The number of piperidine rings is 2. The SMILES string of the molecule is O=C(C1=Cc2ccccc2C1)C1CC2CCCC(C1)N2Cc1ccccc1. The lowest BCUT2D eigenvalue weighted by Crippen LogP contribution is -2.52. The molecule has 2 aliphatic heterocycles. The van der Waals surface area contributed by atoms with Crippen molar-refractivity contribution in [3.8, 4) is 0 Å². The van der Waals surface area contributed by atoms with Gasteiger partial charge in [-0.2, -0.15) is 0 Å². The molecule has 2 nitrogen and oxygen atoms in total. The summed E-state index contributed by atoms with van der Waals surface area (Å²) in [7, 11) is 0. The summed E-state index contributed by atoms with van der Waals surface area (Å²) in [5, 5.41) is 0. The number of hydrogen-bond donors (Lipinski definition) is 0. The molecule has 2 fully saturated rings. The van der Waals surface area contributed by atoms with Gasteiger partial charge >= 0.3 is 0 Å². The molecule has 2 heteroatoms. The van der Waals surface area contributed by atoms with Crippen molar-refractivity contribution in [1.82, 2.24) is 4.90 Å². The van der Waals surface area contributed by atoms with E-state index < -0.39 is 0 Å². The third kappa shape index (κ3) is 3.27. The van der Waals surface area contributed by atoms with E-state index in [0.717, 1.165) is 31.4 Å². The lowest BCUT2D eigenvalue weighted by Gasteiger charge is -2.48. The van der Waals surface area contributed by atoms with E-state index in [9.17, 15) is 4.79 Å². The summed E-state index contributed by atoms with van der Waals surface area (Å²) in [6, 6.07) is 20.4. The maximum atomic E-state index is 13.3. The van der Waals surface area contributed by atoms with E-state index in [0.29, 0.717) is 17.9 Å². The van der Waals surface area contributed by atoms with Gasteiger partial charge in [0.15, 0.2) is 5.78 Å². The van der Waals surface area contributed by atoms with E-state index in [-0.39, 0.29) is 5.92 Å². The van der Waals surface area contributed by atoms with Gasteiger partial charge < -0.3 is 0 Å². The first-order valence-corrected chi connectivity index (χ1v) is 10.4. The summed E-state index contributed by atoms with van der Waals surface area (Å²) in [5.41, 5.74) is 4.98. The van der Waals surface area contributed by atoms with Crippen molar-refractivity contribution in [2.75, 3.05) is 0 Å². The topological polar surface area (TPSA) is 20.3 Å². The molecular formula is C25H27NO. The van der Waals surface area contributed by atoms with Crippen molar-refractivity contribution >= 4 is 11.9 Å². The van der Waals surface area contributed by atoms with Crippen molar-refractivity contribution in [2.24, 2.45) is 5.92 Å². The standard InChI is InChI=1S/C25H27NO/c27-25(21-13-19-9-4-5-10-20(19)14-21)22-15-23-11-6-12-24(16-22)26(23)17-18-7-2-1-3-8-18/h1-5,7-10,13,22-24H,6,11-12,14-17H2. The molecule has 2 aromatic rings. The molecule has 0 saturated carbocycles. The number of Topliss-reactive ketones (excluding diaryl/α,β-unsaturated/α-hetero) is 1. The highest BCUT2D eigenvalue weighted by Crippen LogP contribution is 2.40. The highest BCUT2D eigenvalue weighted by atomic mass is 16.1. The molecule has 2 unspecified atom stereocenters. The predicted octanol–water partition coefficient (Wildman–Crippen LogP) is 5.03. The normalized spacial score (nSPS) is 27.1. The first-order chi connectivity index (χ1) is 13.3. The minimum atomic E-state index is 0.216. The summed E-state index contributed by atoms with van der Waals surface area (Å²) in [4.78, 5) is 16.0. The van der Waals surface area contributed by atoms with Crippen LogP contribution in [0.1, 0.15) is 48.8 Å². The first kappa shape index (κ1) is 16.9. The summed E-state index contributed by atoms with van der Waals surface area (Å²) in [5.74, 6) is 0.635. The van der Waals surface area contributed by atoms with Crippen molar-refractivity contribution in [3.63, 3.8) is 0 Å². The third-order valence-electron chi connectivity index (χ3n) is 6.79. The average Bonchev–Trinajstić information content (AvgIpc) is 3.12. The van der Waals surface area contributed by atoms with Crippen LogP contribution >= 0.6 is 0 Å². The molecule has 3 aliphatic rings. The largest absolute Gasteiger partial charge is 0.294 e. The van der Waals surface area contributed by atoms with E-state index in [1.807, 2.05) is 0 Å². The molecule has 27 heavy (non-hydrogen) atoms. The Bertz CT molecular complexity index is 855. The maximum Gasteiger partial charge on any atom is 0.162 e. The summed E-state index contributed by atoms with van der Waals surface area (Å²) in [6.45, 7) is 1.03. The zero-order valence-electron chi connectivity index (χ0n) is 15.8. The number of carbonyl (C=O) groups is 1. The van der Waals surface area contributed by atoms with Crippen molar-refractivity contribution in [2.45, 2.75) is 57.2 Å². The van der Waals surface area contributed by atoms with Crippen LogP contribution in [0.4, 0.5) is 0 Å². The number of rotatable bonds is 4. The number of allylic oxidation sites excluding steroid dienone is 1. The lowest BCUT2D eigenvalue weighted by molar-refractivity contribution is -0.123. The van der Waals surface area contributed by atoms with Crippen molar-refractivity contribution < 1.29 is 4.79 Å². The maximum absolute atomic E-state index is 13.3. The van der Waals surface area contributed by atoms with E-state index in [4.69, 9.17) is 0 Å². The number of hydrogen-bond acceptors (Lipinski definition) is 2. The van der Waals surface area contributed by atoms with Gasteiger partial charge in [-0.25, -0.2) is 0 Å². The van der Waals surface area contributed by atoms with Gasteiger partial charge in [-0.3, -0.25) is 9.69 Å². The monoisotopic (exact) mass is 357 g/mol. The molecular weight excluding hydrogens is 330 g/mol. The molecule has 0 spiro atoms. The number of nitrogens with zero attached hydrogens (tertiary/aromatic N) is 1. The lowest BCUT2D eigenvalue weighted by atomic mass is 9.75. The minimum absolute atomic E-state index is 0.216. The molecule has 138 valence electrons. The van der Waals surface area contributed by atoms with Gasteiger partial charge in [-0.05, 0) is 48.4 Å². The van der Waals surface area contributed by atoms with Crippen LogP contribution in [-0.4, -0.2) is 22.8 Å². The Balaban J connectivity index is 1.31. The van der Waals surface area contributed by atoms with E-state index in [1.54, 1.807) is 0 Å². The van der Waals surface area contributed by atoms with Gasteiger partial charge in [-0.15, -0.1) is 0 Å². The molecule has 5 rings (SSSR count). The quantitative estimate of drug-likeness (QED) is 0.765. The number of fused-ring (bicyclic) bond motifs is 3. The fourth-order valence-corrected chi connectivity index (χ4v) is 5.45. The molecule has 0 N–H and O–H groups in total. The van der Waals surface area contributed by atoms with Gasteiger partial charge in [0.2, 0.25) is 0 Å². The Morgan fingerprint density at radius 1 is 0.926 bits per heavy atom. The highest BCUT2D eigenvalue weighted by Gasteiger charge is 2.41. The Morgan fingerprint density at radius 2 is 1.63 bits per heavy atom. The Morgan fingerprint density at radius 3 is 2.37 bits per heavy atom. The first-order valence-electron chi connectivity index (χ1n) is 10.4. The number of benzene rings is 2. The van der Waals surface area contributed by atoms with Crippen LogP contribution in [0.3, 0.4) is 0 Å². The van der Waals surface area contributed by atoms with Crippen LogP contribution in [0.5, 0.6) is 0 Å². The van der Waals surface area contributed by atoms with E-state index in [1.165, 1.54) is 36.0 Å². The van der Waals surface area contributed by atoms with Gasteiger partial charge in [0.1, 0.15) is 0 Å². The predicted molar refractivity (Wildman–Crippen MR) is 109 cm³/mol. The molecule has 1 aliphatic carbocycles. The minimum Gasteiger partial charge on any atom is -0.294 e. The Labute approximate surface area is 161 Å².